The van der Waals surface area contributed by atoms with Crippen LogP contribution in [0.3, 0.4) is 0 Å². The molecule has 1 saturated heterocycles. The zero-order valence-corrected chi connectivity index (χ0v) is 9.47. The number of hydrogen-bond acceptors (Lipinski definition) is 2. The van der Waals surface area contributed by atoms with Gasteiger partial charge in [-0.1, -0.05) is 5.92 Å². The van der Waals surface area contributed by atoms with E-state index in [0.717, 1.165) is 25.9 Å². The first-order chi connectivity index (χ1) is 6.49. The normalized spacial score (nSPS) is 24.1. The molecule has 2 heteroatoms. The van der Waals surface area contributed by atoms with E-state index >= 15 is 0 Å². The fraction of sp³-hybridized carbons (Fsp3) is 0.833. The topological polar surface area (TPSA) is 35.2 Å². The molecule has 1 aliphatic rings. The summed E-state index contributed by atoms with van der Waals surface area (Å²) in [7, 11) is 0. The molecular formula is C12H21NO. The van der Waals surface area contributed by atoms with E-state index in [0.29, 0.717) is 0 Å². The molecular weight excluding hydrogens is 174 g/mol. The van der Waals surface area contributed by atoms with Crippen molar-refractivity contribution >= 4 is 0 Å². The highest BCUT2D eigenvalue weighted by atomic mass is 16.5. The Labute approximate surface area is 87.2 Å². The van der Waals surface area contributed by atoms with Crippen LogP contribution in [0, 0.1) is 17.3 Å². The summed E-state index contributed by atoms with van der Waals surface area (Å²) in [6.07, 6.45) is 3.23. The van der Waals surface area contributed by atoms with Crippen LogP contribution in [0.1, 0.15) is 40.0 Å². The van der Waals surface area contributed by atoms with Crippen LogP contribution in [-0.2, 0) is 4.74 Å². The van der Waals surface area contributed by atoms with Crippen molar-refractivity contribution in [2.24, 2.45) is 11.1 Å². The van der Waals surface area contributed by atoms with E-state index in [4.69, 9.17) is 10.5 Å². The molecule has 2 atom stereocenters. The maximum atomic E-state index is 5.98. The lowest BCUT2D eigenvalue weighted by Crippen LogP contribution is -2.33. The lowest BCUT2D eigenvalue weighted by molar-refractivity contribution is 0.0912. The summed E-state index contributed by atoms with van der Waals surface area (Å²) in [4.78, 5) is 0. The predicted molar refractivity (Wildman–Crippen MR) is 58.8 cm³/mol. The van der Waals surface area contributed by atoms with Crippen molar-refractivity contribution in [2.45, 2.75) is 52.2 Å². The number of ether oxygens (including phenoxy) is 1. The SMILES string of the molecule is CC(C)(C)C#CCC(N)C1CCCO1. The van der Waals surface area contributed by atoms with Gasteiger partial charge in [0.2, 0.25) is 0 Å². The minimum absolute atomic E-state index is 0.0796. The molecule has 0 radical (unpaired) electrons. The number of hydrogen-bond donors (Lipinski definition) is 1. The van der Waals surface area contributed by atoms with Crippen LogP contribution in [0.4, 0.5) is 0 Å². The quantitative estimate of drug-likeness (QED) is 0.683. The van der Waals surface area contributed by atoms with Crippen LogP contribution in [0.25, 0.3) is 0 Å². The first-order valence-electron chi connectivity index (χ1n) is 5.36. The van der Waals surface area contributed by atoms with Crippen LogP contribution < -0.4 is 5.73 Å². The molecule has 2 N–H and O–H groups in total. The molecule has 0 bridgehead atoms. The zero-order valence-electron chi connectivity index (χ0n) is 9.47. The number of nitrogens with two attached hydrogens (primary N) is 1. The second kappa shape index (κ2) is 4.82. The summed E-state index contributed by atoms with van der Waals surface area (Å²) >= 11 is 0. The van der Waals surface area contributed by atoms with E-state index in [-0.39, 0.29) is 17.6 Å². The summed E-state index contributed by atoms with van der Waals surface area (Å²) in [5, 5.41) is 0. The maximum Gasteiger partial charge on any atom is 0.0736 e. The molecule has 0 saturated carbocycles. The Morgan fingerprint density at radius 1 is 1.50 bits per heavy atom. The molecule has 1 aliphatic heterocycles. The molecule has 0 aromatic heterocycles. The minimum atomic E-state index is 0.0796. The third-order valence-electron chi connectivity index (χ3n) is 2.24. The molecule has 2 nitrogen and oxygen atoms in total. The smallest absolute Gasteiger partial charge is 0.0736 e. The third-order valence-corrected chi connectivity index (χ3v) is 2.24. The van der Waals surface area contributed by atoms with Crippen LogP contribution >= 0.6 is 0 Å². The highest BCUT2D eigenvalue weighted by Gasteiger charge is 2.21. The van der Waals surface area contributed by atoms with Gasteiger partial charge in [0.1, 0.15) is 0 Å². The second-order valence-corrected chi connectivity index (χ2v) is 4.97. The first-order valence-corrected chi connectivity index (χ1v) is 5.36. The number of rotatable bonds is 2. The van der Waals surface area contributed by atoms with Crippen molar-refractivity contribution in [3.05, 3.63) is 0 Å². The van der Waals surface area contributed by atoms with Crippen molar-refractivity contribution < 1.29 is 4.74 Å². The minimum Gasteiger partial charge on any atom is -0.377 e. The van der Waals surface area contributed by atoms with Gasteiger partial charge >= 0.3 is 0 Å². The van der Waals surface area contributed by atoms with Gasteiger partial charge in [0, 0.05) is 24.5 Å². The molecule has 1 heterocycles. The molecule has 0 amide bonds. The van der Waals surface area contributed by atoms with Gasteiger partial charge in [0.25, 0.3) is 0 Å². The molecule has 0 aromatic carbocycles. The molecule has 0 aliphatic carbocycles. The Bertz CT molecular complexity index is 225. The average molecular weight is 195 g/mol. The Kier molecular flexibility index (Phi) is 3.97. The van der Waals surface area contributed by atoms with E-state index in [1.807, 2.05) is 0 Å². The fourth-order valence-corrected chi connectivity index (χ4v) is 1.51. The van der Waals surface area contributed by atoms with Crippen LogP contribution in [0.5, 0.6) is 0 Å². The van der Waals surface area contributed by atoms with Crippen LogP contribution in [0.2, 0.25) is 0 Å². The van der Waals surface area contributed by atoms with E-state index in [2.05, 4.69) is 32.6 Å². The Morgan fingerprint density at radius 2 is 2.21 bits per heavy atom. The lowest BCUT2D eigenvalue weighted by Gasteiger charge is -2.15. The zero-order chi connectivity index (χ0) is 10.6. The van der Waals surface area contributed by atoms with Crippen molar-refractivity contribution in [1.29, 1.82) is 0 Å². The summed E-state index contributed by atoms with van der Waals surface area (Å²) in [6, 6.07) is 0.0901. The van der Waals surface area contributed by atoms with Gasteiger partial charge < -0.3 is 10.5 Å². The van der Waals surface area contributed by atoms with Crippen LogP contribution in [-0.4, -0.2) is 18.8 Å². The third kappa shape index (κ3) is 4.13. The molecule has 80 valence electrons. The van der Waals surface area contributed by atoms with E-state index < -0.39 is 0 Å². The van der Waals surface area contributed by atoms with Crippen molar-refractivity contribution in [3.8, 4) is 11.8 Å². The van der Waals surface area contributed by atoms with E-state index in [1.165, 1.54) is 0 Å². The van der Waals surface area contributed by atoms with Gasteiger partial charge in [-0.25, -0.2) is 0 Å². The largest absolute Gasteiger partial charge is 0.377 e. The molecule has 1 fully saturated rings. The maximum absolute atomic E-state index is 5.98. The molecule has 2 unspecified atom stereocenters. The van der Waals surface area contributed by atoms with Gasteiger partial charge in [-0.15, -0.1) is 5.92 Å². The lowest BCUT2D eigenvalue weighted by atomic mass is 9.97. The summed E-state index contributed by atoms with van der Waals surface area (Å²) in [5.74, 6) is 6.34. The fourth-order valence-electron chi connectivity index (χ4n) is 1.51. The Balaban J connectivity index is 2.32. The van der Waals surface area contributed by atoms with Crippen molar-refractivity contribution in [1.82, 2.24) is 0 Å². The van der Waals surface area contributed by atoms with Crippen LogP contribution in [0.15, 0.2) is 0 Å². The standard InChI is InChI=1S/C12H21NO/c1-12(2,3)8-4-6-10(13)11-7-5-9-14-11/h10-11H,5-7,9,13H2,1-3H3. The van der Waals surface area contributed by atoms with E-state index in [1.54, 1.807) is 0 Å². The summed E-state index contributed by atoms with van der Waals surface area (Å²) in [5.41, 5.74) is 6.06. The summed E-state index contributed by atoms with van der Waals surface area (Å²) < 4.78 is 5.50. The van der Waals surface area contributed by atoms with Crippen molar-refractivity contribution in [2.75, 3.05) is 6.61 Å². The average Bonchev–Trinajstić information content (AvgIpc) is 2.53. The highest BCUT2D eigenvalue weighted by molar-refractivity contribution is 5.08. The van der Waals surface area contributed by atoms with Gasteiger partial charge in [0.15, 0.2) is 0 Å². The Morgan fingerprint density at radius 3 is 2.71 bits per heavy atom. The van der Waals surface area contributed by atoms with Crippen molar-refractivity contribution in [3.63, 3.8) is 0 Å². The molecule has 0 spiro atoms. The second-order valence-electron chi connectivity index (χ2n) is 4.97. The highest BCUT2D eigenvalue weighted by Crippen LogP contribution is 2.16. The predicted octanol–water partition coefficient (Wildman–Crippen LogP) is 1.93. The monoisotopic (exact) mass is 195 g/mol. The molecule has 1 rings (SSSR count). The first kappa shape index (κ1) is 11.6. The van der Waals surface area contributed by atoms with E-state index in [9.17, 15) is 0 Å². The van der Waals surface area contributed by atoms with Gasteiger partial charge in [-0.3, -0.25) is 0 Å². The van der Waals surface area contributed by atoms with Gasteiger partial charge in [0.05, 0.1) is 6.10 Å². The molecule has 14 heavy (non-hydrogen) atoms. The summed E-state index contributed by atoms with van der Waals surface area (Å²) in [6.45, 7) is 7.19. The van der Waals surface area contributed by atoms with Gasteiger partial charge in [-0.2, -0.15) is 0 Å². The van der Waals surface area contributed by atoms with Gasteiger partial charge in [-0.05, 0) is 33.6 Å². The molecule has 0 aromatic rings. The Hall–Kier alpha value is -0.520.